The average molecular weight is 300 g/mol. The molecule has 3 N–H and O–H groups in total. The summed E-state index contributed by atoms with van der Waals surface area (Å²) in [6.45, 7) is 3.85. The zero-order valence-electron chi connectivity index (χ0n) is 11.4. The minimum absolute atomic E-state index is 0.0122. The van der Waals surface area contributed by atoms with Crippen molar-refractivity contribution in [1.29, 1.82) is 0 Å². The number of phenolic OH excluding ortho intramolecular Hbond substituents is 1. The predicted molar refractivity (Wildman–Crippen MR) is 76.0 cm³/mol. The molecule has 0 bridgehead atoms. The van der Waals surface area contributed by atoms with E-state index in [1.807, 2.05) is 13.8 Å². The third kappa shape index (κ3) is 4.74. The number of halogens is 1. The summed E-state index contributed by atoms with van der Waals surface area (Å²) in [6.07, 6.45) is 0.469. The van der Waals surface area contributed by atoms with Crippen molar-refractivity contribution in [3.05, 3.63) is 28.8 Å². The van der Waals surface area contributed by atoms with Gasteiger partial charge in [-0.25, -0.2) is 0 Å². The molecule has 0 fully saturated rings. The van der Waals surface area contributed by atoms with Gasteiger partial charge in [-0.3, -0.25) is 9.59 Å². The molecule has 0 spiro atoms. The third-order valence-electron chi connectivity index (χ3n) is 2.82. The van der Waals surface area contributed by atoms with Crippen LogP contribution in [0.15, 0.2) is 18.2 Å². The Morgan fingerprint density at radius 1 is 1.35 bits per heavy atom. The lowest BCUT2D eigenvalue weighted by Gasteiger charge is -2.15. The summed E-state index contributed by atoms with van der Waals surface area (Å²) in [5.74, 6) is -2.12. The Morgan fingerprint density at radius 2 is 2.00 bits per heavy atom. The molecule has 0 aliphatic carbocycles. The quantitative estimate of drug-likeness (QED) is 0.753. The highest BCUT2D eigenvalue weighted by molar-refractivity contribution is 6.31. The number of aromatic hydroxyl groups is 1. The van der Waals surface area contributed by atoms with E-state index in [4.69, 9.17) is 16.7 Å². The molecule has 1 aromatic rings. The lowest BCUT2D eigenvalue weighted by molar-refractivity contribution is -0.142. The number of hydrogen-bond acceptors (Lipinski definition) is 3. The highest BCUT2D eigenvalue weighted by Crippen LogP contribution is 2.21. The molecule has 0 aliphatic heterocycles. The summed E-state index contributed by atoms with van der Waals surface area (Å²) >= 11 is 5.76. The maximum absolute atomic E-state index is 11.9. The molecule has 6 heteroatoms. The number of rotatable bonds is 6. The van der Waals surface area contributed by atoms with Crippen LogP contribution in [-0.4, -0.2) is 28.6 Å². The minimum atomic E-state index is -0.950. The summed E-state index contributed by atoms with van der Waals surface area (Å²) < 4.78 is 0. The average Bonchev–Trinajstić information content (AvgIpc) is 2.36. The first-order valence-corrected chi connectivity index (χ1v) is 6.68. The van der Waals surface area contributed by atoms with E-state index in [1.54, 1.807) is 0 Å². The van der Waals surface area contributed by atoms with Crippen molar-refractivity contribution in [2.24, 2.45) is 11.8 Å². The van der Waals surface area contributed by atoms with Gasteiger partial charge >= 0.3 is 5.97 Å². The van der Waals surface area contributed by atoms with Crippen molar-refractivity contribution in [3.63, 3.8) is 0 Å². The van der Waals surface area contributed by atoms with Gasteiger partial charge in [-0.05, 0) is 30.5 Å². The number of aliphatic carboxylic acids is 1. The van der Waals surface area contributed by atoms with Crippen LogP contribution in [0.1, 0.15) is 30.6 Å². The first kappa shape index (κ1) is 16.3. The molecule has 0 saturated carbocycles. The third-order valence-corrected chi connectivity index (χ3v) is 3.05. The molecule has 1 unspecified atom stereocenters. The highest BCUT2D eigenvalue weighted by atomic mass is 35.5. The van der Waals surface area contributed by atoms with Crippen LogP contribution in [0.2, 0.25) is 5.02 Å². The maximum atomic E-state index is 11.9. The summed E-state index contributed by atoms with van der Waals surface area (Å²) in [6, 6.07) is 4.12. The standard InChI is InChI=1S/C14H18ClNO4/c1-8(2)5-9(14(19)20)7-16-13(18)11-6-10(15)3-4-12(11)17/h3-4,6,8-9,17H,5,7H2,1-2H3,(H,16,18)(H,19,20). The largest absolute Gasteiger partial charge is 0.507 e. The molecule has 0 radical (unpaired) electrons. The van der Waals surface area contributed by atoms with E-state index in [-0.39, 0.29) is 23.8 Å². The first-order valence-electron chi connectivity index (χ1n) is 6.30. The Bertz CT molecular complexity index is 502. The van der Waals surface area contributed by atoms with Gasteiger partial charge in [0.1, 0.15) is 5.75 Å². The monoisotopic (exact) mass is 299 g/mol. The van der Waals surface area contributed by atoms with E-state index in [9.17, 15) is 14.7 Å². The molecule has 5 nitrogen and oxygen atoms in total. The summed E-state index contributed by atoms with van der Waals surface area (Å²) in [5, 5.41) is 21.5. The fourth-order valence-electron chi connectivity index (χ4n) is 1.84. The van der Waals surface area contributed by atoms with Gasteiger partial charge in [0.2, 0.25) is 0 Å². The number of benzene rings is 1. The van der Waals surface area contributed by atoms with Crippen LogP contribution in [0.4, 0.5) is 0 Å². The van der Waals surface area contributed by atoms with Crippen molar-refractivity contribution in [2.45, 2.75) is 20.3 Å². The zero-order valence-corrected chi connectivity index (χ0v) is 12.1. The van der Waals surface area contributed by atoms with Crippen LogP contribution in [0.25, 0.3) is 0 Å². The van der Waals surface area contributed by atoms with Crippen LogP contribution in [0, 0.1) is 11.8 Å². The normalized spacial score (nSPS) is 12.2. The topological polar surface area (TPSA) is 86.6 Å². The molecular formula is C14H18ClNO4. The van der Waals surface area contributed by atoms with Gasteiger partial charge in [-0.2, -0.15) is 0 Å². The van der Waals surface area contributed by atoms with Crippen molar-refractivity contribution >= 4 is 23.5 Å². The van der Waals surface area contributed by atoms with E-state index >= 15 is 0 Å². The van der Waals surface area contributed by atoms with Crippen LogP contribution in [-0.2, 0) is 4.79 Å². The second kappa shape index (κ2) is 7.14. The van der Waals surface area contributed by atoms with E-state index in [0.29, 0.717) is 11.4 Å². The van der Waals surface area contributed by atoms with Gasteiger partial charge in [0.15, 0.2) is 0 Å². The van der Waals surface area contributed by atoms with E-state index in [2.05, 4.69) is 5.32 Å². The summed E-state index contributed by atoms with van der Waals surface area (Å²) in [4.78, 5) is 23.0. The molecule has 0 aliphatic rings. The highest BCUT2D eigenvalue weighted by Gasteiger charge is 2.20. The van der Waals surface area contributed by atoms with E-state index in [1.165, 1.54) is 18.2 Å². The molecule has 1 aromatic carbocycles. The molecule has 1 amide bonds. The Hall–Kier alpha value is -1.75. The van der Waals surface area contributed by atoms with E-state index < -0.39 is 17.8 Å². The fourth-order valence-corrected chi connectivity index (χ4v) is 2.01. The Labute approximate surface area is 122 Å². The van der Waals surface area contributed by atoms with Crippen LogP contribution in [0.3, 0.4) is 0 Å². The smallest absolute Gasteiger partial charge is 0.308 e. The first-order chi connectivity index (χ1) is 9.31. The molecular weight excluding hydrogens is 282 g/mol. The van der Waals surface area contributed by atoms with Crippen LogP contribution < -0.4 is 5.32 Å². The van der Waals surface area contributed by atoms with Gasteiger partial charge in [0, 0.05) is 11.6 Å². The number of carbonyl (C=O) groups excluding carboxylic acids is 1. The second-order valence-corrected chi connectivity index (χ2v) is 5.47. The number of phenols is 1. The number of carboxylic acid groups (broad SMARTS) is 1. The number of carboxylic acids is 1. The van der Waals surface area contributed by atoms with Gasteiger partial charge < -0.3 is 15.5 Å². The van der Waals surface area contributed by atoms with E-state index in [0.717, 1.165) is 0 Å². The molecule has 1 rings (SSSR count). The van der Waals surface area contributed by atoms with Gasteiger partial charge in [-0.15, -0.1) is 0 Å². The van der Waals surface area contributed by atoms with Crippen molar-refractivity contribution in [2.75, 3.05) is 6.54 Å². The van der Waals surface area contributed by atoms with Crippen molar-refractivity contribution < 1.29 is 19.8 Å². The number of amides is 1. The van der Waals surface area contributed by atoms with Crippen molar-refractivity contribution in [1.82, 2.24) is 5.32 Å². The minimum Gasteiger partial charge on any atom is -0.507 e. The molecule has 0 aromatic heterocycles. The second-order valence-electron chi connectivity index (χ2n) is 5.04. The molecule has 20 heavy (non-hydrogen) atoms. The van der Waals surface area contributed by atoms with Gasteiger partial charge in [-0.1, -0.05) is 25.4 Å². The van der Waals surface area contributed by atoms with Crippen LogP contribution >= 0.6 is 11.6 Å². The predicted octanol–water partition coefficient (Wildman–Crippen LogP) is 2.52. The summed E-state index contributed by atoms with van der Waals surface area (Å²) in [5.41, 5.74) is 0.0335. The van der Waals surface area contributed by atoms with Crippen molar-refractivity contribution in [3.8, 4) is 5.75 Å². The molecule has 0 saturated heterocycles. The molecule has 1 atom stereocenters. The van der Waals surface area contributed by atoms with Gasteiger partial charge in [0.05, 0.1) is 11.5 Å². The fraction of sp³-hybridized carbons (Fsp3) is 0.429. The van der Waals surface area contributed by atoms with Crippen LogP contribution in [0.5, 0.6) is 5.75 Å². The number of nitrogens with one attached hydrogen (secondary N) is 1. The number of hydrogen-bond donors (Lipinski definition) is 3. The molecule has 0 heterocycles. The lowest BCUT2D eigenvalue weighted by atomic mass is 9.97. The molecule has 110 valence electrons. The Balaban J connectivity index is 2.70. The SMILES string of the molecule is CC(C)CC(CNC(=O)c1cc(Cl)ccc1O)C(=O)O. The Morgan fingerprint density at radius 3 is 2.55 bits per heavy atom. The van der Waals surface area contributed by atoms with Gasteiger partial charge in [0.25, 0.3) is 5.91 Å². The summed E-state index contributed by atoms with van der Waals surface area (Å²) in [7, 11) is 0. The lowest BCUT2D eigenvalue weighted by Crippen LogP contribution is -2.33. The maximum Gasteiger partial charge on any atom is 0.308 e. The zero-order chi connectivity index (χ0) is 15.3. The number of carbonyl (C=O) groups is 2. The Kier molecular flexibility index (Phi) is 5.82.